The van der Waals surface area contributed by atoms with Crippen molar-refractivity contribution in [1.82, 2.24) is 20.4 Å². The number of aromatic nitrogens is 2. The predicted molar refractivity (Wildman–Crippen MR) is 130 cm³/mol. The molecule has 0 spiro atoms. The van der Waals surface area contributed by atoms with Crippen LogP contribution in [0.2, 0.25) is 0 Å². The average molecular weight is 488 g/mol. The van der Waals surface area contributed by atoms with Crippen LogP contribution in [-0.2, 0) is 26.3 Å². The van der Waals surface area contributed by atoms with Crippen molar-refractivity contribution in [2.75, 3.05) is 25.2 Å². The molecule has 1 heterocycles. The number of benzene rings is 1. The van der Waals surface area contributed by atoms with Crippen molar-refractivity contribution in [3.8, 4) is 0 Å². The molecule has 2 N–H and O–H groups in total. The molecule has 0 radical (unpaired) electrons. The first-order valence-electron chi connectivity index (χ1n) is 11.6. The number of nitrogens with zero attached hydrogens (tertiary/aromatic N) is 3. The summed E-state index contributed by atoms with van der Waals surface area (Å²) in [7, 11) is 1.60. The predicted octanol–water partition coefficient (Wildman–Crippen LogP) is 3.51. The number of hydrogen-bond donors (Lipinski definition) is 2. The van der Waals surface area contributed by atoms with Gasteiger partial charge in [-0.2, -0.15) is 4.98 Å². The lowest BCUT2D eigenvalue weighted by atomic mass is 9.89. The van der Waals surface area contributed by atoms with E-state index in [1.807, 2.05) is 30.5 Å². The van der Waals surface area contributed by atoms with Gasteiger partial charge in [0.1, 0.15) is 5.54 Å². The summed E-state index contributed by atoms with van der Waals surface area (Å²) in [6.07, 6.45) is 8.07. The van der Waals surface area contributed by atoms with E-state index >= 15 is 0 Å². The minimum Gasteiger partial charge on any atom is -0.343 e. The third kappa shape index (κ3) is 6.82. The summed E-state index contributed by atoms with van der Waals surface area (Å²) in [5, 5.41) is 10.1. The van der Waals surface area contributed by atoms with Gasteiger partial charge in [-0.15, -0.1) is 11.8 Å². The van der Waals surface area contributed by atoms with Gasteiger partial charge in [0.25, 0.3) is 0 Å². The number of para-hydroxylation sites is 1. The van der Waals surface area contributed by atoms with Crippen LogP contribution < -0.4 is 10.6 Å². The SMILES string of the molecule is CSc1ccccc1NC(=O)CN(C)C(=O)CCc1nc(C2(NC(C)=O)CCCCCC2)no1. The summed E-state index contributed by atoms with van der Waals surface area (Å²) in [5.74, 6) is 0.252. The van der Waals surface area contributed by atoms with Gasteiger partial charge in [-0.3, -0.25) is 14.4 Å². The molecule has 3 amide bonds. The molecule has 1 fully saturated rings. The number of likely N-dealkylation sites (N-methyl/N-ethyl adjacent to an activating group) is 1. The molecule has 2 aromatic rings. The molecule has 0 unspecified atom stereocenters. The highest BCUT2D eigenvalue weighted by atomic mass is 32.2. The van der Waals surface area contributed by atoms with Gasteiger partial charge in [-0.05, 0) is 31.2 Å². The quantitative estimate of drug-likeness (QED) is 0.410. The second kappa shape index (κ2) is 12.0. The molecule has 10 heteroatoms. The molecule has 0 atom stereocenters. The van der Waals surface area contributed by atoms with Crippen LogP contribution in [0.15, 0.2) is 33.7 Å². The summed E-state index contributed by atoms with van der Waals surface area (Å²) in [6.45, 7) is 1.44. The van der Waals surface area contributed by atoms with Gasteiger partial charge in [-0.25, -0.2) is 0 Å². The van der Waals surface area contributed by atoms with Crippen LogP contribution in [0.5, 0.6) is 0 Å². The molecule has 1 saturated carbocycles. The molecule has 9 nitrogen and oxygen atoms in total. The van der Waals surface area contributed by atoms with Gasteiger partial charge in [0.05, 0.1) is 12.2 Å². The maximum atomic E-state index is 12.6. The second-order valence-electron chi connectivity index (χ2n) is 8.69. The summed E-state index contributed by atoms with van der Waals surface area (Å²) in [4.78, 5) is 43.7. The Kier molecular flexibility index (Phi) is 9.09. The van der Waals surface area contributed by atoms with E-state index < -0.39 is 5.54 Å². The maximum absolute atomic E-state index is 12.6. The Labute approximate surface area is 204 Å². The number of hydrogen-bond acceptors (Lipinski definition) is 7. The van der Waals surface area contributed by atoms with E-state index in [-0.39, 0.29) is 37.1 Å². The minimum absolute atomic E-state index is 0.0533. The van der Waals surface area contributed by atoms with E-state index in [1.54, 1.807) is 18.8 Å². The van der Waals surface area contributed by atoms with Crippen molar-refractivity contribution in [3.63, 3.8) is 0 Å². The van der Waals surface area contributed by atoms with Crippen LogP contribution in [0, 0.1) is 0 Å². The van der Waals surface area contributed by atoms with Gasteiger partial charge >= 0.3 is 0 Å². The first kappa shape index (κ1) is 25.7. The molecule has 34 heavy (non-hydrogen) atoms. The number of rotatable bonds is 9. The molecule has 1 aromatic heterocycles. The van der Waals surface area contributed by atoms with Crippen molar-refractivity contribution in [1.29, 1.82) is 0 Å². The zero-order chi connectivity index (χ0) is 24.6. The van der Waals surface area contributed by atoms with Crippen LogP contribution in [-0.4, -0.2) is 52.6 Å². The van der Waals surface area contributed by atoms with Crippen LogP contribution in [0.25, 0.3) is 0 Å². The number of amides is 3. The zero-order valence-electron chi connectivity index (χ0n) is 20.1. The fourth-order valence-electron chi connectivity index (χ4n) is 4.27. The van der Waals surface area contributed by atoms with E-state index in [1.165, 1.54) is 11.8 Å². The molecule has 184 valence electrons. The number of carbonyl (C=O) groups is 3. The molecule has 1 aromatic carbocycles. The third-order valence-corrected chi connectivity index (χ3v) is 6.80. The maximum Gasteiger partial charge on any atom is 0.244 e. The number of carbonyl (C=O) groups excluding carboxylic acids is 3. The van der Waals surface area contributed by atoms with E-state index in [0.717, 1.165) is 49.1 Å². The summed E-state index contributed by atoms with van der Waals surface area (Å²) in [6, 6.07) is 7.53. The molecular formula is C24H33N5O4S. The minimum atomic E-state index is -0.615. The van der Waals surface area contributed by atoms with Crippen LogP contribution in [0.3, 0.4) is 0 Å². The van der Waals surface area contributed by atoms with E-state index in [9.17, 15) is 14.4 Å². The number of aryl methyl sites for hydroxylation is 1. The smallest absolute Gasteiger partial charge is 0.244 e. The molecular weight excluding hydrogens is 454 g/mol. The highest BCUT2D eigenvalue weighted by Crippen LogP contribution is 2.34. The summed E-state index contributed by atoms with van der Waals surface area (Å²) in [5.41, 5.74) is 0.113. The van der Waals surface area contributed by atoms with E-state index in [4.69, 9.17) is 4.52 Å². The molecule has 0 aliphatic heterocycles. The van der Waals surface area contributed by atoms with Gasteiger partial charge in [0.15, 0.2) is 5.82 Å². The van der Waals surface area contributed by atoms with Gasteiger partial charge in [-0.1, -0.05) is 43.0 Å². The Balaban J connectivity index is 1.55. The molecule has 1 aliphatic carbocycles. The highest BCUT2D eigenvalue weighted by Gasteiger charge is 2.38. The van der Waals surface area contributed by atoms with Crippen LogP contribution in [0.4, 0.5) is 5.69 Å². The van der Waals surface area contributed by atoms with Crippen molar-refractivity contribution < 1.29 is 18.9 Å². The average Bonchev–Trinajstić information content (AvgIpc) is 3.17. The molecule has 0 saturated heterocycles. The molecule has 3 rings (SSSR count). The Morgan fingerprint density at radius 3 is 2.53 bits per heavy atom. The molecule has 0 bridgehead atoms. The Hall–Kier alpha value is -2.88. The summed E-state index contributed by atoms with van der Waals surface area (Å²) < 4.78 is 5.42. The fourth-order valence-corrected chi connectivity index (χ4v) is 4.82. The van der Waals surface area contributed by atoms with Crippen LogP contribution in [0.1, 0.15) is 63.6 Å². The monoisotopic (exact) mass is 487 g/mol. The van der Waals surface area contributed by atoms with Crippen molar-refractivity contribution in [2.45, 2.75) is 68.7 Å². The number of anilines is 1. The second-order valence-corrected chi connectivity index (χ2v) is 9.54. The van der Waals surface area contributed by atoms with E-state index in [2.05, 4.69) is 20.8 Å². The van der Waals surface area contributed by atoms with Gasteiger partial charge in [0.2, 0.25) is 23.6 Å². The lowest BCUT2D eigenvalue weighted by Gasteiger charge is -2.30. The van der Waals surface area contributed by atoms with E-state index in [0.29, 0.717) is 11.7 Å². The van der Waals surface area contributed by atoms with Crippen molar-refractivity contribution in [3.05, 3.63) is 36.0 Å². The largest absolute Gasteiger partial charge is 0.343 e. The Morgan fingerprint density at radius 1 is 1.15 bits per heavy atom. The topological polar surface area (TPSA) is 117 Å². The summed E-state index contributed by atoms with van der Waals surface area (Å²) >= 11 is 1.54. The van der Waals surface area contributed by atoms with Crippen LogP contribution >= 0.6 is 11.8 Å². The number of nitrogens with one attached hydrogen (secondary N) is 2. The van der Waals surface area contributed by atoms with Crippen molar-refractivity contribution >= 4 is 35.2 Å². The van der Waals surface area contributed by atoms with Gasteiger partial charge in [0, 0.05) is 31.7 Å². The normalized spacial score (nSPS) is 15.3. The Bertz CT molecular complexity index is 1000. The fraction of sp³-hybridized carbons (Fsp3) is 0.542. The van der Waals surface area contributed by atoms with Crippen molar-refractivity contribution in [2.24, 2.45) is 0 Å². The highest BCUT2D eigenvalue weighted by molar-refractivity contribution is 7.98. The lowest BCUT2D eigenvalue weighted by molar-refractivity contribution is -0.133. The Morgan fingerprint density at radius 2 is 1.85 bits per heavy atom. The first-order chi connectivity index (χ1) is 16.3. The number of thioether (sulfide) groups is 1. The first-order valence-corrected chi connectivity index (χ1v) is 12.8. The van der Waals surface area contributed by atoms with Gasteiger partial charge < -0.3 is 20.1 Å². The zero-order valence-corrected chi connectivity index (χ0v) is 20.9. The molecule has 1 aliphatic rings. The standard InChI is InChI=1S/C24H33N5O4S/c1-17(30)27-24(14-8-4-5-9-15-24)23-26-21(33-28-23)12-13-22(32)29(2)16-20(31)25-18-10-6-7-11-19(18)34-3/h6-7,10-11H,4-5,8-9,12-16H2,1-3H3,(H,25,31)(H,27,30). The third-order valence-electron chi connectivity index (χ3n) is 6.01. The lowest BCUT2D eigenvalue weighted by Crippen LogP contribution is -2.45.